The number of nitrogens with zero attached hydrogens (tertiary/aromatic N) is 2. The zero-order chi connectivity index (χ0) is 16.1. The Bertz CT molecular complexity index is 697. The maximum absolute atomic E-state index is 12.3. The highest BCUT2D eigenvalue weighted by Gasteiger charge is 2.16. The number of hydrogen-bond donors (Lipinski definition) is 1. The second-order valence-corrected chi connectivity index (χ2v) is 6.59. The first-order chi connectivity index (χ1) is 10.5. The Balaban J connectivity index is 2.21. The minimum atomic E-state index is -0.449. The van der Waals surface area contributed by atoms with Gasteiger partial charge in [-0.2, -0.15) is 0 Å². The number of carbonyl (C=O) groups excluding carboxylic acids is 1. The number of hydrogen-bond acceptors (Lipinski definition) is 4. The van der Waals surface area contributed by atoms with Gasteiger partial charge in [-0.1, -0.05) is 53.5 Å². The topological polar surface area (TPSA) is 54.9 Å². The van der Waals surface area contributed by atoms with Crippen LogP contribution in [0.3, 0.4) is 0 Å². The van der Waals surface area contributed by atoms with Gasteiger partial charge >= 0.3 is 0 Å². The lowest BCUT2D eigenvalue weighted by Crippen LogP contribution is -2.15. The molecule has 8 heteroatoms. The van der Waals surface area contributed by atoms with Crippen molar-refractivity contribution in [1.82, 2.24) is 9.97 Å². The van der Waals surface area contributed by atoms with E-state index >= 15 is 0 Å². The van der Waals surface area contributed by atoms with Crippen molar-refractivity contribution in [3.8, 4) is 0 Å². The van der Waals surface area contributed by atoms with Crippen molar-refractivity contribution in [3.63, 3.8) is 0 Å². The monoisotopic (exact) mass is 375 g/mol. The number of nitrogens with one attached hydrogen (secondary N) is 1. The van der Waals surface area contributed by atoms with Gasteiger partial charge in [0.2, 0.25) is 0 Å². The molecule has 2 rings (SSSR count). The Kier molecular flexibility index (Phi) is 6.32. The van der Waals surface area contributed by atoms with Gasteiger partial charge in [0.1, 0.15) is 0 Å². The quantitative estimate of drug-likeness (QED) is 0.576. The van der Waals surface area contributed by atoms with Crippen molar-refractivity contribution in [2.24, 2.45) is 0 Å². The van der Waals surface area contributed by atoms with Gasteiger partial charge in [0.25, 0.3) is 5.91 Å². The molecule has 1 amide bonds. The van der Waals surface area contributed by atoms with Gasteiger partial charge in [0.15, 0.2) is 10.9 Å². The van der Waals surface area contributed by atoms with Crippen LogP contribution >= 0.6 is 46.6 Å². The minimum Gasteiger partial charge on any atom is -0.319 e. The molecule has 0 atom stereocenters. The van der Waals surface area contributed by atoms with Crippen LogP contribution < -0.4 is 5.32 Å². The Morgan fingerprint density at radius 2 is 2.05 bits per heavy atom. The summed E-state index contributed by atoms with van der Waals surface area (Å²) in [5.41, 5.74) is 0.551. The molecule has 0 saturated heterocycles. The van der Waals surface area contributed by atoms with Crippen LogP contribution in [0.15, 0.2) is 29.6 Å². The molecule has 1 heterocycles. The Labute approximate surface area is 147 Å². The smallest absolute Gasteiger partial charge is 0.276 e. The predicted octanol–water partition coefficient (Wildman–Crippen LogP) is 5.19. The van der Waals surface area contributed by atoms with Crippen LogP contribution in [0.2, 0.25) is 15.1 Å². The van der Waals surface area contributed by atoms with E-state index in [-0.39, 0.29) is 10.7 Å². The van der Waals surface area contributed by atoms with Crippen LogP contribution in [-0.4, -0.2) is 21.6 Å². The molecule has 0 bridgehead atoms. The number of aromatic nitrogens is 2. The summed E-state index contributed by atoms with van der Waals surface area (Å²) in [5, 5.41) is 4.19. The fourth-order valence-corrected chi connectivity index (χ4v) is 2.85. The molecule has 0 spiro atoms. The van der Waals surface area contributed by atoms with Crippen molar-refractivity contribution in [2.45, 2.75) is 18.5 Å². The van der Waals surface area contributed by atoms with E-state index in [1.54, 1.807) is 18.2 Å². The maximum Gasteiger partial charge on any atom is 0.276 e. The van der Waals surface area contributed by atoms with Crippen molar-refractivity contribution in [2.75, 3.05) is 11.1 Å². The minimum absolute atomic E-state index is 0.112. The summed E-state index contributed by atoms with van der Waals surface area (Å²) >= 11 is 19.3. The van der Waals surface area contributed by atoms with Gasteiger partial charge in [-0.25, -0.2) is 9.97 Å². The summed E-state index contributed by atoms with van der Waals surface area (Å²) in [5.74, 6) is 0.418. The summed E-state index contributed by atoms with van der Waals surface area (Å²) < 4.78 is 0. The lowest BCUT2D eigenvalue weighted by molar-refractivity contribution is 0.102. The number of thioether (sulfide) groups is 1. The number of rotatable bonds is 5. The van der Waals surface area contributed by atoms with E-state index in [1.807, 2.05) is 0 Å². The van der Waals surface area contributed by atoms with E-state index in [4.69, 9.17) is 34.8 Å². The molecule has 0 fully saturated rings. The number of anilines is 1. The third kappa shape index (κ3) is 4.49. The SMILES string of the molecule is CCCSc1ncc(Cl)c(C(=O)Nc2ccc(Cl)cc2Cl)n1. The van der Waals surface area contributed by atoms with Crippen LogP contribution in [0.1, 0.15) is 23.8 Å². The normalized spacial score (nSPS) is 10.5. The predicted molar refractivity (Wildman–Crippen MR) is 92.5 cm³/mol. The molecule has 4 nitrogen and oxygen atoms in total. The van der Waals surface area contributed by atoms with E-state index in [0.717, 1.165) is 12.2 Å². The second kappa shape index (κ2) is 8.02. The summed E-state index contributed by atoms with van der Waals surface area (Å²) in [7, 11) is 0. The molecule has 0 aliphatic rings. The van der Waals surface area contributed by atoms with Crippen molar-refractivity contribution >= 4 is 58.2 Å². The average Bonchev–Trinajstić information content (AvgIpc) is 2.49. The number of amides is 1. The van der Waals surface area contributed by atoms with Gasteiger partial charge < -0.3 is 5.32 Å². The molecule has 1 N–H and O–H groups in total. The molecule has 0 aliphatic heterocycles. The molecule has 22 heavy (non-hydrogen) atoms. The summed E-state index contributed by atoms with van der Waals surface area (Å²) in [6, 6.07) is 4.79. The van der Waals surface area contributed by atoms with E-state index < -0.39 is 5.91 Å². The number of benzene rings is 1. The summed E-state index contributed by atoms with van der Waals surface area (Å²) in [6.45, 7) is 2.05. The molecule has 116 valence electrons. The fraction of sp³-hybridized carbons (Fsp3) is 0.214. The third-order valence-corrected chi connectivity index (χ3v) is 4.44. The van der Waals surface area contributed by atoms with E-state index in [0.29, 0.717) is 20.9 Å². The second-order valence-electron chi connectivity index (χ2n) is 4.28. The lowest BCUT2D eigenvalue weighted by atomic mass is 10.3. The first-order valence-corrected chi connectivity index (χ1v) is 8.55. The lowest BCUT2D eigenvalue weighted by Gasteiger charge is -2.09. The largest absolute Gasteiger partial charge is 0.319 e. The Morgan fingerprint density at radius 3 is 2.73 bits per heavy atom. The molecule has 0 unspecified atom stereocenters. The molecular weight excluding hydrogens is 365 g/mol. The third-order valence-electron chi connectivity index (χ3n) is 2.55. The molecule has 0 radical (unpaired) electrons. The Morgan fingerprint density at radius 1 is 1.27 bits per heavy atom. The molecule has 0 saturated carbocycles. The van der Waals surface area contributed by atoms with Gasteiger partial charge in [-0.15, -0.1) is 0 Å². The summed E-state index contributed by atoms with van der Waals surface area (Å²) in [6.07, 6.45) is 2.41. The molecule has 0 aliphatic carbocycles. The summed E-state index contributed by atoms with van der Waals surface area (Å²) in [4.78, 5) is 20.6. The number of carbonyl (C=O) groups is 1. The highest BCUT2D eigenvalue weighted by molar-refractivity contribution is 7.99. The first-order valence-electron chi connectivity index (χ1n) is 6.43. The first kappa shape index (κ1) is 17.3. The van der Waals surface area contributed by atoms with E-state index in [9.17, 15) is 4.79 Å². The zero-order valence-electron chi connectivity index (χ0n) is 11.6. The van der Waals surface area contributed by atoms with Crippen LogP contribution in [0.4, 0.5) is 5.69 Å². The Hall–Kier alpha value is -1.01. The molecule has 1 aromatic carbocycles. The van der Waals surface area contributed by atoms with Crippen LogP contribution in [0.25, 0.3) is 0 Å². The van der Waals surface area contributed by atoms with E-state index in [1.165, 1.54) is 18.0 Å². The van der Waals surface area contributed by atoms with Crippen LogP contribution in [-0.2, 0) is 0 Å². The molecular formula is C14H12Cl3N3OS. The van der Waals surface area contributed by atoms with Gasteiger partial charge in [-0.3, -0.25) is 4.79 Å². The zero-order valence-corrected chi connectivity index (χ0v) is 14.7. The van der Waals surface area contributed by atoms with Gasteiger partial charge in [0, 0.05) is 10.8 Å². The van der Waals surface area contributed by atoms with Gasteiger partial charge in [-0.05, 0) is 24.6 Å². The maximum atomic E-state index is 12.3. The van der Waals surface area contributed by atoms with Crippen LogP contribution in [0.5, 0.6) is 0 Å². The van der Waals surface area contributed by atoms with Gasteiger partial charge in [0.05, 0.1) is 21.9 Å². The highest BCUT2D eigenvalue weighted by Crippen LogP contribution is 2.26. The average molecular weight is 377 g/mol. The highest BCUT2D eigenvalue weighted by atomic mass is 35.5. The van der Waals surface area contributed by atoms with Crippen LogP contribution in [0, 0.1) is 0 Å². The molecule has 2 aromatic rings. The number of halogens is 3. The standard InChI is InChI=1S/C14H12Cl3N3OS/c1-2-5-22-14-18-7-10(17)12(20-14)13(21)19-11-4-3-8(15)6-9(11)16/h3-4,6-7H,2,5H2,1H3,(H,19,21). The van der Waals surface area contributed by atoms with Crippen molar-refractivity contribution < 1.29 is 4.79 Å². The molecule has 1 aromatic heterocycles. The van der Waals surface area contributed by atoms with Crippen molar-refractivity contribution in [3.05, 3.63) is 45.2 Å². The van der Waals surface area contributed by atoms with Crippen molar-refractivity contribution in [1.29, 1.82) is 0 Å². The van der Waals surface area contributed by atoms with E-state index in [2.05, 4.69) is 22.2 Å². The fourth-order valence-electron chi connectivity index (χ4n) is 1.55.